The summed E-state index contributed by atoms with van der Waals surface area (Å²) in [7, 11) is 0. The van der Waals surface area contributed by atoms with Gasteiger partial charge in [-0.15, -0.1) is 0 Å². The molecule has 0 bridgehead atoms. The van der Waals surface area contributed by atoms with Crippen molar-refractivity contribution in [3.8, 4) is 0 Å². The zero-order chi connectivity index (χ0) is 20.5. The molecule has 28 heavy (non-hydrogen) atoms. The van der Waals surface area contributed by atoms with Crippen molar-refractivity contribution >= 4 is 5.91 Å². The van der Waals surface area contributed by atoms with Crippen molar-refractivity contribution in [2.24, 2.45) is 0 Å². The van der Waals surface area contributed by atoms with Gasteiger partial charge in [0.05, 0.1) is 31.4 Å². The summed E-state index contributed by atoms with van der Waals surface area (Å²) in [5.41, 5.74) is 1.89. The molecule has 0 radical (unpaired) electrons. The fraction of sp³-hybridized carbons (Fsp3) is 0.474. The second kappa shape index (κ2) is 7.90. The molecule has 9 heteroatoms. The molecule has 2 heterocycles. The van der Waals surface area contributed by atoms with Crippen LogP contribution in [0.5, 0.6) is 0 Å². The van der Waals surface area contributed by atoms with Crippen LogP contribution in [0.2, 0.25) is 0 Å². The summed E-state index contributed by atoms with van der Waals surface area (Å²) < 4.78 is 58.2. The summed E-state index contributed by atoms with van der Waals surface area (Å²) in [5, 5.41) is 4.01. The number of hydrogen-bond donors (Lipinski definition) is 0. The maximum Gasteiger partial charge on any atom is 0.408 e. The number of benzene rings is 1. The molecule has 5 nitrogen and oxygen atoms in total. The Morgan fingerprint density at radius 2 is 2.07 bits per heavy atom. The summed E-state index contributed by atoms with van der Waals surface area (Å²) in [5.74, 6) is -0.662. The molecular weight excluding hydrogens is 378 g/mol. The number of halogens is 4. The highest BCUT2D eigenvalue weighted by Gasteiger charge is 2.35. The van der Waals surface area contributed by atoms with Crippen LogP contribution in [-0.4, -0.2) is 46.5 Å². The first-order valence-electron chi connectivity index (χ1n) is 8.88. The van der Waals surface area contributed by atoms with Crippen LogP contribution >= 0.6 is 0 Å². The standard InChI is InChI=1S/C19H21F4N3O2/c1-12-18(13(2)26(24-12)11-19(21,22)23)16-10-28-7-6-25(16)17(27)9-14-4-3-5-15(20)8-14/h3-5,8,16H,6-7,9-11H2,1-2H3/t16-/m0/s1. The highest BCUT2D eigenvalue weighted by molar-refractivity contribution is 5.79. The summed E-state index contributed by atoms with van der Waals surface area (Å²) >= 11 is 0. The largest absolute Gasteiger partial charge is 0.408 e. The molecule has 0 unspecified atom stereocenters. The molecule has 1 aliphatic heterocycles. The number of rotatable bonds is 4. The van der Waals surface area contributed by atoms with Crippen molar-refractivity contribution < 1.29 is 27.1 Å². The summed E-state index contributed by atoms with van der Waals surface area (Å²) in [6.45, 7) is 2.81. The van der Waals surface area contributed by atoms with Crippen LogP contribution in [0.1, 0.15) is 28.6 Å². The first kappa shape index (κ1) is 20.3. The van der Waals surface area contributed by atoms with E-state index in [0.29, 0.717) is 35.7 Å². The number of hydrogen-bond acceptors (Lipinski definition) is 3. The summed E-state index contributed by atoms with van der Waals surface area (Å²) in [4.78, 5) is 14.4. The maximum absolute atomic E-state index is 13.4. The highest BCUT2D eigenvalue weighted by Crippen LogP contribution is 2.31. The Morgan fingerprint density at radius 1 is 1.32 bits per heavy atom. The normalized spacial score (nSPS) is 17.8. The molecule has 1 aliphatic rings. The number of aromatic nitrogens is 2. The minimum absolute atomic E-state index is 0.00302. The van der Waals surface area contributed by atoms with Gasteiger partial charge in [-0.2, -0.15) is 18.3 Å². The second-order valence-corrected chi connectivity index (χ2v) is 6.84. The number of alkyl halides is 3. The van der Waals surface area contributed by atoms with Gasteiger partial charge in [-0.1, -0.05) is 12.1 Å². The van der Waals surface area contributed by atoms with Gasteiger partial charge in [0, 0.05) is 17.8 Å². The van der Waals surface area contributed by atoms with Crippen LogP contribution in [0, 0.1) is 19.7 Å². The van der Waals surface area contributed by atoms with Gasteiger partial charge in [-0.3, -0.25) is 9.48 Å². The first-order valence-corrected chi connectivity index (χ1v) is 8.88. The predicted molar refractivity (Wildman–Crippen MR) is 93.1 cm³/mol. The molecule has 1 fully saturated rings. The zero-order valence-corrected chi connectivity index (χ0v) is 15.6. The van der Waals surface area contributed by atoms with Crippen LogP contribution in [0.3, 0.4) is 0 Å². The topological polar surface area (TPSA) is 47.4 Å². The number of nitrogens with zero attached hydrogens (tertiary/aromatic N) is 3. The Bertz CT molecular complexity index is 863. The maximum atomic E-state index is 13.4. The Morgan fingerprint density at radius 3 is 2.75 bits per heavy atom. The van der Waals surface area contributed by atoms with E-state index >= 15 is 0 Å². The van der Waals surface area contributed by atoms with Crippen molar-refractivity contribution in [1.29, 1.82) is 0 Å². The van der Waals surface area contributed by atoms with Crippen molar-refractivity contribution in [1.82, 2.24) is 14.7 Å². The molecule has 1 atom stereocenters. The van der Waals surface area contributed by atoms with E-state index in [1.54, 1.807) is 24.8 Å². The Balaban J connectivity index is 1.86. The Kier molecular flexibility index (Phi) is 5.74. The third-order valence-electron chi connectivity index (χ3n) is 4.79. The predicted octanol–water partition coefficient (Wildman–Crippen LogP) is 3.34. The quantitative estimate of drug-likeness (QED) is 0.741. The molecule has 152 valence electrons. The average molecular weight is 399 g/mol. The lowest BCUT2D eigenvalue weighted by Crippen LogP contribution is -2.44. The Hall–Kier alpha value is -2.42. The summed E-state index contributed by atoms with van der Waals surface area (Å²) in [6, 6.07) is 5.26. The molecule has 0 spiro atoms. The van der Waals surface area contributed by atoms with Crippen molar-refractivity contribution in [3.05, 3.63) is 52.6 Å². The average Bonchev–Trinajstić information content (AvgIpc) is 2.86. The highest BCUT2D eigenvalue weighted by atomic mass is 19.4. The molecule has 1 aromatic heterocycles. The molecule has 1 amide bonds. The molecule has 0 N–H and O–H groups in total. The minimum Gasteiger partial charge on any atom is -0.377 e. The lowest BCUT2D eigenvalue weighted by atomic mass is 10.0. The number of ether oxygens (including phenoxy) is 1. The first-order chi connectivity index (χ1) is 13.2. The van der Waals surface area contributed by atoms with Crippen molar-refractivity contribution in [2.75, 3.05) is 19.8 Å². The van der Waals surface area contributed by atoms with E-state index < -0.39 is 24.6 Å². The van der Waals surface area contributed by atoms with E-state index in [9.17, 15) is 22.4 Å². The number of aryl methyl sites for hydroxylation is 1. The van der Waals surface area contributed by atoms with Crippen molar-refractivity contribution in [3.63, 3.8) is 0 Å². The van der Waals surface area contributed by atoms with Crippen LogP contribution in [0.15, 0.2) is 24.3 Å². The molecule has 1 aromatic carbocycles. The van der Waals surface area contributed by atoms with E-state index in [1.807, 2.05) is 0 Å². The fourth-order valence-corrected chi connectivity index (χ4v) is 3.58. The van der Waals surface area contributed by atoms with Crippen LogP contribution in [0.4, 0.5) is 17.6 Å². The number of carbonyl (C=O) groups excluding carboxylic acids is 1. The SMILES string of the molecule is Cc1nn(CC(F)(F)F)c(C)c1[C@@H]1COCCN1C(=O)Cc1cccc(F)c1. The van der Waals surface area contributed by atoms with Gasteiger partial charge in [0.25, 0.3) is 0 Å². The molecule has 3 rings (SSSR count). The van der Waals surface area contributed by atoms with E-state index in [4.69, 9.17) is 4.74 Å². The van der Waals surface area contributed by atoms with Gasteiger partial charge in [0.1, 0.15) is 12.4 Å². The molecule has 2 aromatic rings. The Labute approximate surface area is 159 Å². The van der Waals surface area contributed by atoms with E-state index in [2.05, 4.69) is 5.10 Å². The van der Waals surface area contributed by atoms with Crippen LogP contribution < -0.4 is 0 Å². The van der Waals surface area contributed by atoms with Gasteiger partial charge >= 0.3 is 6.18 Å². The third-order valence-corrected chi connectivity index (χ3v) is 4.79. The number of morpholine rings is 1. The van der Waals surface area contributed by atoms with Gasteiger partial charge in [-0.25, -0.2) is 4.39 Å². The second-order valence-electron chi connectivity index (χ2n) is 6.84. The van der Waals surface area contributed by atoms with E-state index in [1.165, 1.54) is 18.2 Å². The lowest BCUT2D eigenvalue weighted by Gasteiger charge is -2.36. The van der Waals surface area contributed by atoms with Crippen LogP contribution in [0.25, 0.3) is 0 Å². The van der Waals surface area contributed by atoms with Crippen LogP contribution in [-0.2, 0) is 22.5 Å². The monoisotopic (exact) mass is 399 g/mol. The smallest absolute Gasteiger partial charge is 0.377 e. The number of amides is 1. The summed E-state index contributed by atoms with van der Waals surface area (Å²) in [6.07, 6.45) is -4.39. The minimum atomic E-state index is -4.39. The lowest BCUT2D eigenvalue weighted by molar-refractivity contribution is -0.143. The van der Waals surface area contributed by atoms with E-state index in [0.717, 1.165) is 4.68 Å². The molecular formula is C19H21F4N3O2. The molecule has 1 saturated heterocycles. The van der Waals surface area contributed by atoms with Crippen molar-refractivity contribution in [2.45, 2.75) is 39.0 Å². The molecule has 0 saturated carbocycles. The van der Waals surface area contributed by atoms with Gasteiger partial charge < -0.3 is 9.64 Å². The third kappa shape index (κ3) is 4.52. The van der Waals surface area contributed by atoms with Gasteiger partial charge in [0.15, 0.2) is 0 Å². The molecule has 0 aliphatic carbocycles. The van der Waals surface area contributed by atoms with Gasteiger partial charge in [0.2, 0.25) is 5.91 Å². The zero-order valence-electron chi connectivity index (χ0n) is 15.6. The van der Waals surface area contributed by atoms with E-state index in [-0.39, 0.29) is 18.9 Å². The number of carbonyl (C=O) groups is 1. The van der Waals surface area contributed by atoms with Gasteiger partial charge in [-0.05, 0) is 31.5 Å². The fourth-order valence-electron chi connectivity index (χ4n) is 3.58.